The number of rotatable bonds is 3. The Kier molecular flexibility index (Phi) is 9.02. The lowest BCUT2D eigenvalue weighted by Gasteiger charge is -2.25. The molecule has 1 aliphatic rings. The summed E-state index contributed by atoms with van der Waals surface area (Å²) in [7, 11) is 0. The summed E-state index contributed by atoms with van der Waals surface area (Å²) in [5, 5.41) is 0. The zero-order valence-electron chi connectivity index (χ0n) is 22.6. The SMILES string of the molecule is O=C(Cc1cnc[nH]1)N1CCCCN(C(=O)c2cccc(F)c2F)CCCOc2cccc(c2)-c2nccn2CC1. The molecule has 41 heavy (non-hydrogen) atoms. The molecule has 1 aliphatic heterocycles. The van der Waals surface area contributed by atoms with E-state index in [1.54, 1.807) is 23.6 Å². The van der Waals surface area contributed by atoms with Crippen molar-refractivity contribution in [2.75, 3.05) is 32.8 Å². The second kappa shape index (κ2) is 13.2. The van der Waals surface area contributed by atoms with Gasteiger partial charge in [0.05, 0.1) is 24.9 Å². The highest BCUT2D eigenvalue weighted by atomic mass is 19.2. The Morgan fingerprint density at radius 1 is 0.951 bits per heavy atom. The Morgan fingerprint density at radius 2 is 1.76 bits per heavy atom. The first-order valence-corrected chi connectivity index (χ1v) is 13.7. The first-order valence-electron chi connectivity index (χ1n) is 13.7. The Morgan fingerprint density at radius 3 is 2.59 bits per heavy atom. The van der Waals surface area contributed by atoms with Gasteiger partial charge in [-0.15, -0.1) is 0 Å². The summed E-state index contributed by atoms with van der Waals surface area (Å²) in [5.41, 5.74) is 1.31. The lowest BCUT2D eigenvalue weighted by atomic mass is 10.1. The number of fused-ring (bicyclic) bond motifs is 4. The van der Waals surface area contributed by atoms with Crippen molar-refractivity contribution in [2.24, 2.45) is 0 Å². The molecule has 4 aromatic rings. The number of carbonyl (C=O) groups is 2. The van der Waals surface area contributed by atoms with Crippen molar-refractivity contribution < 1.29 is 23.1 Å². The van der Waals surface area contributed by atoms with E-state index in [0.717, 1.165) is 23.1 Å². The van der Waals surface area contributed by atoms with Crippen molar-refractivity contribution in [3.8, 4) is 17.1 Å². The van der Waals surface area contributed by atoms with Crippen LogP contribution in [0.4, 0.5) is 8.78 Å². The van der Waals surface area contributed by atoms with Gasteiger partial charge < -0.3 is 24.1 Å². The predicted molar refractivity (Wildman–Crippen MR) is 148 cm³/mol. The molecule has 0 aliphatic carbocycles. The van der Waals surface area contributed by atoms with Gasteiger partial charge in [0.25, 0.3) is 5.91 Å². The summed E-state index contributed by atoms with van der Waals surface area (Å²) in [6.45, 7) is 2.46. The summed E-state index contributed by atoms with van der Waals surface area (Å²) in [6.07, 6.45) is 8.70. The van der Waals surface area contributed by atoms with Gasteiger partial charge >= 0.3 is 0 Å². The molecule has 1 N–H and O–H groups in total. The van der Waals surface area contributed by atoms with Crippen LogP contribution in [-0.2, 0) is 17.8 Å². The fourth-order valence-corrected chi connectivity index (χ4v) is 4.93. The van der Waals surface area contributed by atoms with Gasteiger partial charge in [-0.2, -0.15) is 0 Å². The minimum absolute atomic E-state index is 0.0426. The topological polar surface area (TPSA) is 96.4 Å². The molecular formula is C30H32F2N6O3. The average molecular weight is 563 g/mol. The standard InChI is InChI=1S/C30H32F2N6O3/c31-26-9-4-8-25(28(26)32)30(40)38-12-2-1-11-36(27(39)19-23-20-33-21-35-23)15-16-37-14-10-34-29(37)22-6-3-7-24(18-22)41-17-5-13-38/h3-4,6-10,14,18,20-21H,1-2,5,11-13,15-17,19H2,(H,33,35). The number of ether oxygens (including phenoxy) is 1. The minimum Gasteiger partial charge on any atom is -0.494 e. The number of carbonyl (C=O) groups excluding carboxylic acids is 2. The zero-order valence-corrected chi connectivity index (χ0v) is 22.6. The maximum absolute atomic E-state index is 14.5. The van der Waals surface area contributed by atoms with Gasteiger partial charge in [-0.25, -0.2) is 18.7 Å². The number of hydrogen-bond acceptors (Lipinski definition) is 5. The number of hydrogen-bond donors (Lipinski definition) is 1. The molecule has 0 saturated heterocycles. The third-order valence-electron chi connectivity index (χ3n) is 7.08. The van der Waals surface area contributed by atoms with Gasteiger partial charge in [0.1, 0.15) is 11.6 Å². The maximum Gasteiger partial charge on any atom is 0.256 e. The van der Waals surface area contributed by atoms with Crippen LogP contribution in [0.5, 0.6) is 5.75 Å². The fraction of sp³-hybridized carbons (Fsp3) is 0.333. The monoisotopic (exact) mass is 562 g/mol. The van der Waals surface area contributed by atoms with Crippen LogP contribution in [0.25, 0.3) is 11.4 Å². The second-order valence-electron chi connectivity index (χ2n) is 9.91. The number of imidazole rings is 2. The molecule has 0 spiro atoms. The van der Waals surface area contributed by atoms with Crippen LogP contribution in [0.15, 0.2) is 67.4 Å². The number of halogens is 2. The molecular weight excluding hydrogens is 530 g/mol. The maximum atomic E-state index is 14.5. The van der Waals surface area contributed by atoms with Crippen LogP contribution in [0.3, 0.4) is 0 Å². The largest absolute Gasteiger partial charge is 0.494 e. The van der Waals surface area contributed by atoms with Crippen LogP contribution >= 0.6 is 0 Å². The minimum atomic E-state index is -1.15. The number of H-pyrrole nitrogens is 1. The Labute approximate surface area is 236 Å². The third kappa shape index (κ3) is 6.97. The van der Waals surface area contributed by atoms with E-state index in [1.807, 2.05) is 35.0 Å². The summed E-state index contributed by atoms with van der Waals surface area (Å²) >= 11 is 0. The van der Waals surface area contributed by atoms with Gasteiger partial charge in [0.2, 0.25) is 5.91 Å². The van der Waals surface area contributed by atoms with Crippen molar-refractivity contribution in [1.29, 1.82) is 0 Å². The quantitative estimate of drug-likeness (QED) is 0.401. The van der Waals surface area contributed by atoms with Gasteiger partial charge in [-0.3, -0.25) is 9.59 Å². The lowest BCUT2D eigenvalue weighted by Crippen LogP contribution is -2.37. The lowest BCUT2D eigenvalue weighted by molar-refractivity contribution is -0.130. The molecule has 0 unspecified atom stereocenters. The molecule has 3 heterocycles. The normalized spacial score (nSPS) is 15.1. The average Bonchev–Trinajstić information content (AvgIpc) is 3.67. The molecule has 0 radical (unpaired) electrons. The van der Waals surface area contributed by atoms with E-state index in [2.05, 4.69) is 15.0 Å². The second-order valence-corrected chi connectivity index (χ2v) is 9.91. The predicted octanol–water partition coefficient (Wildman–Crippen LogP) is 4.33. The Hall–Kier alpha value is -4.54. The van der Waals surface area contributed by atoms with Gasteiger partial charge in [0, 0.05) is 62.6 Å². The molecule has 0 atom stereocenters. The van der Waals surface area contributed by atoms with Crippen LogP contribution < -0.4 is 4.74 Å². The highest BCUT2D eigenvalue weighted by molar-refractivity contribution is 5.94. The van der Waals surface area contributed by atoms with E-state index in [0.29, 0.717) is 64.3 Å². The highest BCUT2D eigenvalue weighted by Crippen LogP contribution is 2.23. The molecule has 5 rings (SSSR count). The molecule has 214 valence electrons. The summed E-state index contributed by atoms with van der Waals surface area (Å²) in [4.78, 5) is 41.4. The van der Waals surface area contributed by atoms with Gasteiger partial charge in [0.15, 0.2) is 11.6 Å². The fourth-order valence-electron chi connectivity index (χ4n) is 4.93. The van der Waals surface area contributed by atoms with Crippen molar-refractivity contribution in [1.82, 2.24) is 29.3 Å². The molecule has 2 aromatic carbocycles. The number of nitrogens with zero attached hydrogens (tertiary/aromatic N) is 5. The van der Waals surface area contributed by atoms with E-state index in [4.69, 9.17) is 4.74 Å². The molecule has 2 aromatic heterocycles. The number of aromatic nitrogens is 4. The summed E-state index contributed by atoms with van der Waals surface area (Å²) in [6, 6.07) is 11.2. The highest BCUT2D eigenvalue weighted by Gasteiger charge is 2.22. The van der Waals surface area contributed by atoms with Gasteiger partial charge in [-0.05, 0) is 43.5 Å². The molecule has 0 saturated carbocycles. The van der Waals surface area contributed by atoms with Crippen LogP contribution in [-0.4, -0.2) is 73.9 Å². The van der Waals surface area contributed by atoms with E-state index in [9.17, 15) is 18.4 Å². The van der Waals surface area contributed by atoms with Crippen molar-refractivity contribution in [3.63, 3.8) is 0 Å². The van der Waals surface area contributed by atoms with Crippen molar-refractivity contribution >= 4 is 11.8 Å². The Balaban J connectivity index is 1.37. The first-order chi connectivity index (χ1) is 20.0. The first kappa shape index (κ1) is 28.0. The summed E-state index contributed by atoms with van der Waals surface area (Å²) in [5.74, 6) is -1.39. The van der Waals surface area contributed by atoms with Crippen LogP contribution in [0.2, 0.25) is 0 Å². The zero-order chi connectivity index (χ0) is 28.6. The number of nitrogens with one attached hydrogen (secondary N) is 1. The van der Waals surface area contributed by atoms with E-state index in [1.165, 1.54) is 17.0 Å². The van der Waals surface area contributed by atoms with Crippen LogP contribution in [0.1, 0.15) is 35.3 Å². The molecule has 0 fully saturated rings. The van der Waals surface area contributed by atoms with E-state index < -0.39 is 17.5 Å². The van der Waals surface area contributed by atoms with Gasteiger partial charge in [-0.1, -0.05) is 18.2 Å². The molecule has 2 bridgehead atoms. The van der Waals surface area contributed by atoms with Crippen molar-refractivity contribution in [2.45, 2.75) is 32.2 Å². The molecule has 2 amide bonds. The molecule has 9 nitrogen and oxygen atoms in total. The van der Waals surface area contributed by atoms with E-state index >= 15 is 0 Å². The Bertz CT molecular complexity index is 1470. The molecule has 11 heteroatoms. The smallest absolute Gasteiger partial charge is 0.256 e. The number of benzene rings is 2. The number of amides is 2. The third-order valence-corrected chi connectivity index (χ3v) is 7.08. The van der Waals surface area contributed by atoms with E-state index in [-0.39, 0.29) is 17.9 Å². The summed E-state index contributed by atoms with van der Waals surface area (Å²) < 4.78 is 36.3. The number of aromatic amines is 1. The van der Waals surface area contributed by atoms with Crippen molar-refractivity contribution in [3.05, 3.63) is 90.3 Å². The van der Waals surface area contributed by atoms with Crippen LogP contribution in [0, 0.1) is 11.6 Å².